The van der Waals surface area contributed by atoms with Gasteiger partial charge in [-0.15, -0.1) is 0 Å². The minimum atomic E-state index is 0.0418. The van der Waals surface area contributed by atoms with E-state index >= 15 is 0 Å². The van der Waals surface area contributed by atoms with Gasteiger partial charge in [0.15, 0.2) is 11.5 Å². The number of rotatable bonds is 5. The van der Waals surface area contributed by atoms with Crippen molar-refractivity contribution in [1.82, 2.24) is 10.3 Å². The van der Waals surface area contributed by atoms with E-state index in [0.29, 0.717) is 26.2 Å². The fourth-order valence-electron chi connectivity index (χ4n) is 3.07. The number of aromatic nitrogens is 1. The van der Waals surface area contributed by atoms with Crippen molar-refractivity contribution < 1.29 is 14.3 Å². The number of para-hydroxylation sites is 1. The summed E-state index contributed by atoms with van der Waals surface area (Å²) in [5.41, 5.74) is 3.28. The molecule has 0 aliphatic carbocycles. The molecule has 5 nitrogen and oxygen atoms in total. The minimum absolute atomic E-state index is 0.0418. The van der Waals surface area contributed by atoms with Gasteiger partial charge in [-0.05, 0) is 35.7 Å². The number of nitrogens with one attached hydrogen (secondary N) is 2. The molecule has 2 N–H and O–H groups in total. The molecule has 0 unspecified atom stereocenters. The second kappa shape index (κ2) is 6.89. The zero-order valence-electron chi connectivity index (χ0n) is 13.9. The highest BCUT2D eigenvalue weighted by Gasteiger charge is 2.12. The normalized spacial score (nSPS) is 13.0. The van der Waals surface area contributed by atoms with E-state index in [0.717, 1.165) is 29.0 Å². The Kier molecular flexibility index (Phi) is 4.29. The molecule has 0 radical (unpaired) electrons. The van der Waals surface area contributed by atoms with E-state index in [1.165, 1.54) is 10.9 Å². The van der Waals surface area contributed by atoms with Crippen molar-refractivity contribution in [2.45, 2.75) is 19.4 Å². The number of aryl methyl sites for hydroxylation is 1. The van der Waals surface area contributed by atoms with Crippen LogP contribution in [0.5, 0.6) is 11.5 Å². The third kappa shape index (κ3) is 3.45. The average Bonchev–Trinajstić information content (AvgIpc) is 3.08. The van der Waals surface area contributed by atoms with Gasteiger partial charge in [0.1, 0.15) is 13.2 Å². The molecule has 1 amide bonds. The van der Waals surface area contributed by atoms with Gasteiger partial charge in [-0.1, -0.05) is 24.3 Å². The summed E-state index contributed by atoms with van der Waals surface area (Å²) in [5.74, 6) is 1.55. The van der Waals surface area contributed by atoms with Crippen molar-refractivity contribution in [3.05, 3.63) is 59.8 Å². The van der Waals surface area contributed by atoms with E-state index in [1.54, 1.807) is 0 Å². The number of ether oxygens (including phenoxy) is 2. The van der Waals surface area contributed by atoms with Gasteiger partial charge < -0.3 is 19.8 Å². The predicted molar refractivity (Wildman–Crippen MR) is 95.9 cm³/mol. The highest BCUT2D eigenvalue weighted by molar-refractivity contribution is 5.84. The lowest BCUT2D eigenvalue weighted by Gasteiger charge is -2.19. The van der Waals surface area contributed by atoms with Gasteiger partial charge in [-0.2, -0.15) is 0 Å². The lowest BCUT2D eigenvalue weighted by atomic mass is 10.1. The first-order valence-corrected chi connectivity index (χ1v) is 8.50. The Hall–Kier alpha value is -2.95. The summed E-state index contributed by atoms with van der Waals surface area (Å²) in [4.78, 5) is 15.4. The second-order valence-corrected chi connectivity index (χ2v) is 6.11. The quantitative estimate of drug-likeness (QED) is 0.752. The molecule has 0 fully saturated rings. The van der Waals surface area contributed by atoms with E-state index in [2.05, 4.69) is 16.4 Å². The highest BCUT2D eigenvalue weighted by atomic mass is 16.6. The van der Waals surface area contributed by atoms with Gasteiger partial charge in [-0.3, -0.25) is 4.79 Å². The number of carbonyl (C=O) groups excluding carboxylic acids is 1. The molecule has 2 heterocycles. The number of amides is 1. The molecule has 0 saturated carbocycles. The number of carbonyl (C=O) groups is 1. The van der Waals surface area contributed by atoms with Crippen LogP contribution in [0, 0.1) is 0 Å². The van der Waals surface area contributed by atoms with E-state index in [4.69, 9.17) is 9.47 Å². The highest BCUT2D eigenvalue weighted by Crippen LogP contribution is 2.30. The van der Waals surface area contributed by atoms with Crippen LogP contribution in [0.15, 0.2) is 48.7 Å². The Balaban J connectivity index is 1.32. The van der Waals surface area contributed by atoms with E-state index in [9.17, 15) is 4.79 Å². The van der Waals surface area contributed by atoms with Crippen LogP contribution in [-0.4, -0.2) is 24.1 Å². The molecule has 4 rings (SSSR count). The molecule has 128 valence electrons. The summed E-state index contributed by atoms with van der Waals surface area (Å²) in [5, 5.41) is 4.15. The fourth-order valence-corrected chi connectivity index (χ4v) is 3.07. The van der Waals surface area contributed by atoms with Crippen LogP contribution in [0.3, 0.4) is 0 Å². The molecule has 3 aromatic rings. The smallest absolute Gasteiger partial charge is 0.220 e. The summed E-state index contributed by atoms with van der Waals surface area (Å²) in [6.07, 6.45) is 3.17. The number of hydrogen-bond donors (Lipinski definition) is 2. The van der Waals surface area contributed by atoms with E-state index < -0.39 is 0 Å². The third-order valence-corrected chi connectivity index (χ3v) is 4.39. The SMILES string of the molecule is O=C(CCc1c[nH]c2ccccc12)NCc1ccc2c(c1)OCCO2. The van der Waals surface area contributed by atoms with Crippen LogP contribution < -0.4 is 14.8 Å². The Labute approximate surface area is 146 Å². The number of H-pyrrole nitrogens is 1. The molecule has 5 heteroatoms. The van der Waals surface area contributed by atoms with Gasteiger partial charge in [0.25, 0.3) is 0 Å². The van der Waals surface area contributed by atoms with Crippen molar-refractivity contribution in [2.75, 3.05) is 13.2 Å². The van der Waals surface area contributed by atoms with E-state index in [-0.39, 0.29) is 5.91 Å². The monoisotopic (exact) mass is 336 g/mol. The van der Waals surface area contributed by atoms with Crippen LogP contribution >= 0.6 is 0 Å². The zero-order valence-corrected chi connectivity index (χ0v) is 13.9. The largest absolute Gasteiger partial charge is 0.486 e. The molecule has 1 aliphatic heterocycles. The number of benzene rings is 2. The lowest BCUT2D eigenvalue weighted by molar-refractivity contribution is -0.121. The average molecular weight is 336 g/mol. The molecule has 0 atom stereocenters. The van der Waals surface area contributed by atoms with Crippen molar-refractivity contribution in [3.8, 4) is 11.5 Å². The summed E-state index contributed by atoms with van der Waals surface area (Å²) in [7, 11) is 0. The Morgan fingerprint density at radius 2 is 1.92 bits per heavy atom. The van der Waals surface area contributed by atoms with Crippen LogP contribution in [0.25, 0.3) is 10.9 Å². The number of hydrogen-bond acceptors (Lipinski definition) is 3. The fraction of sp³-hybridized carbons (Fsp3) is 0.250. The maximum absolute atomic E-state index is 12.2. The van der Waals surface area contributed by atoms with E-state index in [1.807, 2.05) is 42.6 Å². The van der Waals surface area contributed by atoms with Gasteiger partial charge in [0, 0.05) is 30.1 Å². The van der Waals surface area contributed by atoms with Crippen molar-refractivity contribution >= 4 is 16.8 Å². The van der Waals surface area contributed by atoms with Crippen LogP contribution in [0.4, 0.5) is 0 Å². The zero-order chi connectivity index (χ0) is 17.1. The molecule has 0 saturated heterocycles. The Morgan fingerprint density at radius 1 is 1.08 bits per heavy atom. The first-order chi connectivity index (χ1) is 12.3. The van der Waals surface area contributed by atoms with Crippen LogP contribution in [-0.2, 0) is 17.8 Å². The lowest BCUT2D eigenvalue weighted by Crippen LogP contribution is -2.23. The molecule has 1 aliphatic rings. The molecular formula is C20H20N2O3. The van der Waals surface area contributed by atoms with Gasteiger partial charge >= 0.3 is 0 Å². The summed E-state index contributed by atoms with van der Waals surface area (Å²) < 4.78 is 11.1. The van der Waals surface area contributed by atoms with Crippen molar-refractivity contribution in [1.29, 1.82) is 0 Å². The molecular weight excluding hydrogens is 316 g/mol. The molecule has 25 heavy (non-hydrogen) atoms. The number of aromatic amines is 1. The Bertz CT molecular complexity index is 901. The second-order valence-electron chi connectivity index (χ2n) is 6.11. The van der Waals surface area contributed by atoms with Gasteiger partial charge in [-0.25, -0.2) is 0 Å². The predicted octanol–water partition coefficient (Wildman–Crippen LogP) is 3.19. The standard InChI is InChI=1S/C20H20N2O3/c23-20(8-6-15-13-21-17-4-2-1-3-16(15)17)22-12-14-5-7-18-19(11-14)25-10-9-24-18/h1-5,7,11,13,21H,6,8-10,12H2,(H,22,23). The van der Waals surface area contributed by atoms with Gasteiger partial charge in [0.05, 0.1) is 0 Å². The Morgan fingerprint density at radius 3 is 2.84 bits per heavy atom. The summed E-state index contributed by atoms with van der Waals surface area (Å²) in [6.45, 7) is 1.63. The summed E-state index contributed by atoms with van der Waals surface area (Å²) >= 11 is 0. The van der Waals surface area contributed by atoms with Crippen molar-refractivity contribution in [2.24, 2.45) is 0 Å². The number of fused-ring (bicyclic) bond motifs is 2. The van der Waals surface area contributed by atoms with Crippen molar-refractivity contribution in [3.63, 3.8) is 0 Å². The first-order valence-electron chi connectivity index (χ1n) is 8.50. The summed E-state index contributed by atoms with van der Waals surface area (Å²) in [6, 6.07) is 13.9. The molecule has 2 aromatic carbocycles. The first kappa shape index (κ1) is 15.6. The molecule has 1 aromatic heterocycles. The van der Waals surface area contributed by atoms with Gasteiger partial charge in [0.2, 0.25) is 5.91 Å². The maximum Gasteiger partial charge on any atom is 0.220 e. The molecule has 0 bridgehead atoms. The maximum atomic E-state index is 12.2. The van der Waals surface area contributed by atoms with Crippen LogP contribution in [0.2, 0.25) is 0 Å². The third-order valence-electron chi connectivity index (χ3n) is 4.39. The molecule has 0 spiro atoms. The topological polar surface area (TPSA) is 63.4 Å². The van der Waals surface area contributed by atoms with Crippen LogP contribution in [0.1, 0.15) is 17.5 Å². The minimum Gasteiger partial charge on any atom is -0.486 e.